The van der Waals surface area contributed by atoms with Crippen LogP contribution in [0.5, 0.6) is 5.75 Å². The molecule has 1 fully saturated rings. The molecule has 1 N–H and O–H groups in total. The number of nitrogens with one attached hydrogen (secondary N) is 1. The lowest BCUT2D eigenvalue weighted by atomic mass is 10.2. The first-order chi connectivity index (χ1) is 7.33. The van der Waals surface area contributed by atoms with E-state index in [1.54, 1.807) is 4.68 Å². The van der Waals surface area contributed by atoms with Gasteiger partial charge in [-0.1, -0.05) is 5.21 Å². The van der Waals surface area contributed by atoms with E-state index >= 15 is 0 Å². The molecule has 78 valence electrons. The molecule has 1 aromatic carbocycles. The van der Waals surface area contributed by atoms with E-state index in [0.29, 0.717) is 6.10 Å². The Morgan fingerprint density at radius 3 is 3.07 bits per heavy atom. The van der Waals surface area contributed by atoms with Crippen LogP contribution in [0.2, 0.25) is 0 Å². The molecule has 0 bridgehead atoms. The normalized spacial score (nSPS) is 16.6. The molecule has 0 saturated carbocycles. The van der Waals surface area contributed by atoms with E-state index in [1.807, 2.05) is 25.2 Å². The van der Waals surface area contributed by atoms with E-state index in [1.165, 1.54) is 0 Å². The van der Waals surface area contributed by atoms with Crippen molar-refractivity contribution in [2.24, 2.45) is 7.05 Å². The van der Waals surface area contributed by atoms with Crippen LogP contribution in [0.4, 0.5) is 0 Å². The SMILES string of the molecule is Cn1nnc2cc(OC3CNC3)ccc21. The number of hydrogen-bond donors (Lipinski definition) is 1. The van der Waals surface area contributed by atoms with Crippen LogP contribution >= 0.6 is 0 Å². The average Bonchev–Trinajstić information content (AvgIpc) is 2.54. The molecule has 1 aliphatic rings. The number of aryl methyl sites for hydroxylation is 1. The van der Waals surface area contributed by atoms with Gasteiger partial charge in [0.15, 0.2) is 0 Å². The highest BCUT2D eigenvalue weighted by molar-refractivity contribution is 5.75. The lowest BCUT2D eigenvalue weighted by Gasteiger charge is -2.27. The fraction of sp³-hybridized carbons (Fsp3) is 0.400. The van der Waals surface area contributed by atoms with Crippen molar-refractivity contribution in [2.75, 3.05) is 13.1 Å². The molecule has 0 aliphatic carbocycles. The number of ether oxygens (including phenoxy) is 1. The Bertz CT molecular complexity index is 489. The lowest BCUT2D eigenvalue weighted by Crippen LogP contribution is -2.50. The second kappa shape index (κ2) is 3.20. The first-order valence-electron chi connectivity index (χ1n) is 5.00. The topological polar surface area (TPSA) is 52.0 Å². The van der Waals surface area contributed by atoms with Gasteiger partial charge in [-0.2, -0.15) is 0 Å². The van der Waals surface area contributed by atoms with Crippen LogP contribution in [0.25, 0.3) is 11.0 Å². The molecule has 2 aromatic rings. The third-order valence-electron chi connectivity index (χ3n) is 2.63. The van der Waals surface area contributed by atoms with Gasteiger partial charge in [0, 0.05) is 26.2 Å². The van der Waals surface area contributed by atoms with Crippen molar-refractivity contribution in [3.63, 3.8) is 0 Å². The van der Waals surface area contributed by atoms with Crippen LogP contribution in [0.1, 0.15) is 0 Å². The third-order valence-corrected chi connectivity index (χ3v) is 2.63. The lowest BCUT2D eigenvalue weighted by molar-refractivity contribution is 0.142. The predicted molar refractivity (Wildman–Crippen MR) is 55.8 cm³/mol. The van der Waals surface area contributed by atoms with Crippen LogP contribution in [-0.2, 0) is 7.05 Å². The van der Waals surface area contributed by atoms with Crippen LogP contribution in [-0.4, -0.2) is 34.2 Å². The Labute approximate surface area is 87.0 Å². The molecule has 0 spiro atoms. The summed E-state index contributed by atoms with van der Waals surface area (Å²) in [5, 5.41) is 11.2. The van der Waals surface area contributed by atoms with Crippen LogP contribution < -0.4 is 10.1 Å². The Kier molecular flexibility index (Phi) is 1.85. The number of aromatic nitrogens is 3. The molecule has 5 nitrogen and oxygen atoms in total. The summed E-state index contributed by atoms with van der Waals surface area (Å²) >= 11 is 0. The summed E-state index contributed by atoms with van der Waals surface area (Å²) in [6.45, 7) is 1.86. The van der Waals surface area contributed by atoms with Crippen molar-refractivity contribution in [1.29, 1.82) is 0 Å². The van der Waals surface area contributed by atoms with E-state index in [-0.39, 0.29) is 0 Å². The molecule has 2 heterocycles. The average molecular weight is 204 g/mol. The van der Waals surface area contributed by atoms with Gasteiger partial charge in [-0.15, -0.1) is 5.10 Å². The Morgan fingerprint density at radius 2 is 2.33 bits per heavy atom. The zero-order valence-electron chi connectivity index (χ0n) is 8.47. The minimum Gasteiger partial charge on any atom is -0.488 e. The van der Waals surface area contributed by atoms with Crippen molar-refractivity contribution < 1.29 is 4.74 Å². The van der Waals surface area contributed by atoms with E-state index in [2.05, 4.69) is 15.6 Å². The van der Waals surface area contributed by atoms with Gasteiger partial charge in [0.05, 0.1) is 5.52 Å². The minimum atomic E-state index is 0.305. The van der Waals surface area contributed by atoms with Crippen molar-refractivity contribution in [2.45, 2.75) is 6.10 Å². The molecule has 0 radical (unpaired) electrons. The van der Waals surface area contributed by atoms with Gasteiger partial charge in [-0.3, -0.25) is 0 Å². The highest BCUT2D eigenvalue weighted by Crippen LogP contribution is 2.19. The second-order valence-corrected chi connectivity index (χ2v) is 3.76. The summed E-state index contributed by atoms with van der Waals surface area (Å²) in [6, 6.07) is 5.88. The number of rotatable bonds is 2. The van der Waals surface area contributed by atoms with Gasteiger partial charge in [0.2, 0.25) is 0 Å². The van der Waals surface area contributed by atoms with Gasteiger partial charge in [-0.25, -0.2) is 4.68 Å². The monoisotopic (exact) mass is 204 g/mol. The number of benzene rings is 1. The zero-order chi connectivity index (χ0) is 10.3. The number of hydrogen-bond acceptors (Lipinski definition) is 4. The van der Waals surface area contributed by atoms with Gasteiger partial charge in [-0.05, 0) is 12.1 Å². The zero-order valence-corrected chi connectivity index (χ0v) is 8.47. The van der Waals surface area contributed by atoms with Crippen molar-refractivity contribution >= 4 is 11.0 Å². The first-order valence-corrected chi connectivity index (χ1v) is 5.00. The summed E-state index contributed by atoms with van der Waals surface area (Å²) in [5.74, 6) is 0.870. The third kappa shape index (κ3) is 1.45. The highest BCUT2D eigenvalue weighted by atomic mass is 16.5. The van der Waals surface area contributed by atoms with Gasteiger partial charge in [0.1, 0.15) is 17.4 Å². The molecule has 0 unspecified atom stereocenters. The fourth-order valence-electron chi connectivity index (χ4n) is 1.63. The summed E-state index contributed by atoms with van der Waals surface area (Å²) < 4.78 is 7.48. The first kappa shape index (κ1) is 8.67. The molecule has 1 saturated heterocycles. The molecule has 5 heteroatoms. The molecule has 3 rings (SSSR count). The summed E-state index contributed by atoms with van der Waals surface area (Å²) in [4.78, 5) is 0. The summed E-state index contributed by atoms with van der Waals surface area (Å²) in [6.07, 6.45) is 0.305. The van der Waals surface area contributed by atoms with Crippen molar-refractivity contribution in [3.05, 3.63) is 18.2 Å². The maximum absolute atomic E-state index is 5.73. The molecular formula is C10H12N4O. The van der Waals surface area contributed by atoms with Crippen LogP contribution in [0.3, 0.4) is 0 Å². The molecule has 1 aliphatic heterocycles. The Balaban J connectivity index is 1.91. The maximum Gasteiger partial charge on any atom is 0.123 e. The summed E-state index contributed by atoms with van der Waals surface area (Å²) in [5.41, 5.74) is 1.90. The van der Waals surface area contributed by atoms with Gasteiger partial charge in [0.25, 0.3) is 0 Å². The second-order valence-electron chi connectivity index (χ2n) is 3.76. The quantitative estimate of drug-likeness (QED) is 0.765. The molecule has 1 aromatic heterocycles. The van der Waals surface area contributed by atoms with E-state index in [4.69, 9.17) is 4.74 Å². The molecule has 15 heavy (non-hydrogen) atoms. The minimum absolute atomic E-state index is 0.305. The number of fused-ring (bicyclic) bond motifs is 1. The van der Waals surface area contributed by atoms with Crippen molar-refractivity contribution in [1.82, 2.24) is 20.3 Å². The summed E-state index contributed by atoms with van der Waals surface area (Å²) in [7, 11) is 1.88. The molecule has 0 amide bonds. The van der Waals surface area contributed by atoms with Gasteiger partial charge < -0.3 is 10.1 Å². The highest BCUT2D eigenvalue weighted by Gasteiger charge is 2.18. The standard InChI is InChI=1S/C10H12N4O/c1-14-10-3-2-7(4-9(10)12-13-14)15-8-5-11-6-8/h2-4,8,11H,5-6H2,1H3. The van der Waals surface area contributed by atoms with E-state index < -0.39 is 0 Å². The largest absolute Gasteiger partial charge is 0.488 e. The van der Waals surface area contributed by atoms with Crippen LogP contribution in [0, 0.1) is 0 Å². The Hall–Kier alpha value is -1.62. The predicted octanol–water partition coefficient (Wildman–Crippen LogP) is 0.319. The smallest absolute Gasteiger partial charge is 0.123 e. The molecule has 0 atom stereocenters. The maximum atomic E-state index is 5.73. The Morgan fingerprint density at radius 1 is 1.47 bits per heavy atom. The van der Waals surface area contributed by atoms with E-state index in [9.17, 15) is 0 Å². The fourth-order valence-corrected chi connectivity index (χ4v) is 1.63. The van der Waals surface area contributed by atoms with E-state index in [0.717, 1.165) is 29.9 Å². The van der Waals surface area contributed by atoms with Crippen molar-refractivity contribution in [3.8, 4) is 5.75 Å². The molecular weight excluding hydrogens is 192 g/mol. The van der Waals surface area contributed by atoms with Gasteiger partial charge >= 0.3 is 0 Å². The number of nitrogens with zero attached hydrogens (tertiary/aromatic N) is 3. The van der Waals surface area contributed by atoms with Crippen LogP contribution in [0.15, 0.2) is 18.2 Å².